The van der Waals surface area contributed by atoms with E-state index in [9.17, 15) is 23.7 Å². The molecule has 9 nitrogen and oxygen atoms in total. The summed E-state index contributed by atoms with van der Waals surface area (Å²) in [6.07, 6.45) is 2.76. The summed E-state index contributed by atoms with van der Waals surface area (Å²) in [6.45, 7) is -2.73. The third-order valence-corrected chi connectivity index (χ3v) is 2.89. The van der Waals surface area contributed by atoms with Gasteiger partial charge in [0.2, 0.25) is 5.91 Å². The van der Waals surface area contributed by atoms with Crippen LogP contribution in [0.25, 0.3) is 0 Å². The number of ether oxygens (including phenoxy) is 1. The van der Waals surface area contributed by atoms with Gasteiger partial charge < -0.3 is 14.9 Å². The topological polar surface area (TPSA) is 112 Å². The van der Waals surface area contributed by atoms with E-state index in [1.54, 1.807) is 0 Å². The van der Waals surface area contributed by atoms with E-state index in [1.165, 1.54) is 47.4 Å². The van der Waals surface area contributed by atoms with Gasteiger partial charge in [-0.3, -0.25) is 4.79 Å². The highest BCUT2D eigenvalue weighted by atomic mass is 19.3. The molecule has 0 spiro atoms. The predicted octanol–water partition coefficient (Wildman–Crippen LogP) is 1.93. The van der Waals surface area contributed by atoms with E-state index >= 15 is 0 Å². The second-order valence-corrected chi connectivity index (χ2v) is 4.68. The number of aromatic nitrogens is 2. The van der Waals surface area contributed by atoms with E-state index in [-0.39, 0.29) is 24.5 Å². The summed E-state index contributed by atoms with van der Waals surface area (Å²) in [6, 6.07) is 6.92. The average Bonchev–Trinajstić information content (AvgIpc) is 3.03. The van der Waals surface area contributed by atoms with Crippen molar-refractivity contribution in [2.75, 3.05) is 0 Å². The van der Waals surface area contributed by atoms with Crippen LogP contribution in [-0.4, -0.2) is 33.4 Å². The zero-order valence-corrected chi connectivity index (χ0v) is 12.7. The molecule has 0 atom stereocenters. The molecule has 0 radical (unpaired) electrons. The number of nitro groups is 1. The molecule has 1 aromatic heterocycles. The molecule has 0 aliphatic rings. The van der Waals surface area contributed by atoms with Gasteiger partial charge in [-0.15, -0.1) is 0 Å². The number of aryl methyl sites for hydroxylation is 1. The van der Waals surface area contributed by atoms with Gasteiger partial charge >= 0.3 is 12.4 Å². The third-order valence-electron chi connectivity index (χ3n) is 2.89. The monoisotopic (exact) mass is 353 g/mol. The Hall–Kier alpha value is -3.37. The molecule has 0 saturated heterocycles. The van der Waals surface area contributed by atoms with E-state index in [2.05, 4.69) is 20.4 Å². The van der Waals surface area contributed by atoms with Crippen LogP contribution in [-0.2, 0) is 11.3 Å². The van der Waals surface area contributed by atoms with Crippen molar-refractivity contribution in [2.45, 2.75) is 19.6 Å². The van der Waals surface area contributed by atoms with E-state index in [1.807, 2.05) is 0 Å². The van der Waals surface area contributed by atoms with Gasteiger partial charge in [0.15, 0.2) is 0 Å². The maximum Gasteiger partial charge on any atom is 0.389 e. The van der Waals surface area contributed by atoms with Crippen LogP contribution in [0.3, 0.4) is 0 Å². The molecular formula is C14H13F2N5O4. The molecule has 1 N–H and O–H groups in total. The highest BCUT2D eigenvalue weighted by Gasteiger charge is 2.11. The van der Waals surface area contributed by atoms with Crippen molar-refractivity contribution in [3.8, 4) is 5.75 Å². The van der Waals surface area contributed by atoms with Crippen molar-refractivity contribution in [1.29, 1.82) is 0 Å². The van der Waals surface area contributed by atoms with Crippen molar-refractivity contribution in [2.24, 2.45) is 5.10 Å². The summed E-state index contributed by atoms with van der Waals surface area (Å²) < 4.78 is 29.5. The van der Waals surface area contributed by atoms with Crippen molar-refractivity contribution in [1.82, 2.24) is 15.2 Å². The number of benzene rings is 1. The highest BCUT2D eigenvalue weighted by Crippen LogP contribution is 2.13. The summed E-state index contributed by atoms with van der Waals surface area (Å²) >= 11 is 0. The van der Waals surface area contributed by atoms with Crippen LogP contribution in [0.4, 0.5) is 14.6 Å². The summed E-state index contributed by atoms with van der Waals surface area (Å²) in [4.78, 5) is 21.5. The fourth-order valence-electron chi connectivity index (χ4n) is 1.76. The first kappa shape index (κ1) is 18.0. The van der Waals surface area contributed by atoms with E-state index < -0.39 is 17.4 Å². The number of rotatable bonds is 8. The molecule has 1 amide bonds. The largest absolute Gasteiger partial charge is 0.435 e. The standard InChI is InChI=1S/C14H13F2N5O4/c15-14(16)25-11-3-1-10(2-4-11)9-17-18-13(22)6-8-20-7-5-12(19-20)21(23)24/h1-5,7,9,14H,6,8H2,(H,18,22)/b17-9-. The lowest BCUT2D eigenvalue weighted by atomic mass is 10.2. The lowest BCUT2D eigenvalue weighted by Gasteiger charge is -2.03. The molecule has 25 heavy (non-hydrogen) atoms. The molecule has 132 valence electrons. The lowest BCUT2D eigenvalue weighted by Crippen LogP contribution is -2.19. The predicted molar refractivity (Wildman–Crippen MR) is 82.3 cm³/mol. The number of hydrogen-bond donors (Lipinski definition) is 1. The van der Waals surface area contributed by atoms with Crippen LogP contribution in [0.15, 0.2) is 41.6 Å². The van der Waals surface area contributed by atoms with Crippen LogP contribution < -0.4 is 10.2 Å². The molecule has 1 heterocycles. The van der Waals surface area contributed by atoms with Gasteiger partial charge in [0, 0.05) is 6.42 Å². The Morgan fingerprint density at radius 2 is 2.12 bits per heavy atom. The Kier molecular flexibility index (Phi) is 6.09. The fraction of sp³-hybridized carbons (Fsp3) is 0.214. The molecule has 2 rings (SSSR count). The molecule has 0 aliphatic heterocycles. The summed E-state index contributed by atoms with van der Waals surface area (Å²) in [5.41, 5.74) is 2.86. The summed E-state index contributed by atoms with van der Waals surface area (Å²) in [5.74, 6) is -0.686. The quantitative estimate of drug-likeness (QED) is 0.443. The van der Waals surface area contributed by atoms with Crippen LogP contribution in [0.1, 0.15) is 12.0 Å². The van der Waals surface area contributed by atoms with Crippen LogP contribution >= 0.6 is 0 Å². The second-order valence-electron chi connectivity index (χ2n) is 4.68. The second kappa shape index (κ2) is 8.47. The highest BCUT2D eigenvalue weighted by molar-refractivity contribution is 5.82. The molecule has 1 aromatic carbocycles. The van der Waals surface area contributed by atoms with E-state index in [0.717, 1.165) is 0 Å². The molecule has 0 bridgehead atoms. The Morgan fingerprint density at radius 3 is 2.72 bits per heavy atom. The molecular weight excluding hydrogens is 340 g/mol. The zero-order valence-electron chi connectivity index (χ0n) is 12.7. The number of hydrogen-bond acceptors (Lipinski definition) is 6. The Morgan fingerprint density at radius 1 is 1.40 bits per heavy atom. The number of carbonyl (C=O) groups excluding carboxylic acids is 1. The normalized spacial score (nSPS) is 11.0. The average molecular weight is 353 g/mol. The Labute approximate surface area is 140 Å². The zero-order chi connectivity index (χ0) is 18.2. The van der Waals surface area contributed by atoms with Crippen molar-refractivity contribution >= 4 is 17.9 Å². The Balaban J connectivity index is 1.76. The molecule has 0 aliphatic carbocycles. The first-order chi connectivity index (χ1) is 11.9. The van der Waals surface area contributed by atoms with Gasteiger partial charge in [-0.05, 0) is 34.8 Å². The van der Waals surface area contributed by atoms with Crippen molar-refractivity contribution in [3.63, 3.8) is 0 Å². The van der Waals surface area contributed by atoms with Gasteiger partial charge in [-0.2, -0.15) is 18.6 Å². The van der Waals surface area contributed by atoms with E-state index in [0.29, 0.717) is 5.56 Å². The molecule has 11 heteroatoms. The minimum absolute atomic E-state index is 0.0181. The first-order valence-corrected chi connectivity index (χ1v) is 6.98. The fourth-order valence-corrected chi connectivity index (χ4v) is 1.76. The number of amides is 1. The SMILES string of the molecule is O=C(CCn1ccc([N+](=O)[O-])n1)N/N=C\c1ccc(OC(F)F)cc1. The van der Waals surface area contributed by atoms with Gasteiger partial charge in [-0.25, -0.2) is 5.43 Å². The third kappa shape index (κ3) is 5.97. The summed E-state index contributed by atoms with van der Waals surface area (Å²) in [7, 11) is 0. The molecule has 0 unspecified atom stereocenters. The number of nitrogens with one attached hydrogen (secondary N) is 1. The number of nitrogens with zero attached hydrogens (tertiary/aromatic N) is 4. The lowest BCUT2D eigenvalue weighted by molar-refractivity contribution is -0.389. The summed E-state index contributed by atoms with van der Waals surface area (Å²) in [5, 5.41) is 17.9. The number of alkyl halides is 2. The Bertz CT molecular complexity index is 761. The van der Waals surface area contributed by atoms with Gasteiger partial charge in [-0.1, -0.05) is 0 Å². The minimum Gasteiger partial charge on any atom is -0.435 e. The number of carbonyl (C=O) groups is 1. The molecule has 2 aromatic rings. The molecule has 0 saturated carbocycles. The number of hydrazone groups is 1. The minimum atomic E-state index is -2.89. The first-order valence-electron chi connectivity index (χ1n) is 6.98. The van der Waals surface area contributed by atoms with E-state index in [4.69, 9.17) is 0 Å². The van der Waals surface area contributed by atoms with Crippen LogP contribution in [0, 0.1) is 10.1 Å². The van der Waals surface area contributed by atoms with Gasteiger partial charge in [0.05, 0.1) is 30.1 Å². The smallest absolute Gasteiger partial charge is 0.389 e. The van der Waals surface area contributed by atoms with Crippen molar-refractivity contribution in [3.05, 3.63) is 52.2 Å². The maximum absolute atomic E-state index is 12.0. The van der Waals surface area contributed by atoms with Crippen LogP contribution in [0.5, 0.6) is 5.75 Å². The van der Waals surface area contributed by atoms with Crippen LogP contribution in [0.2, 0.25) is 0 Å². The maximum atomic E-state index is 12.0. The van der Waals surface area contributed by atoms with Gasteiger partial charge in [0.25, 0.3) is 0 Å². The van der Waals surface area contributed by atoms with Gasteiger partial charge in [0.1, 0.15) is 5.75 Å². The number of halogens is 2. The van der Waals surface area contributed by atoms with Crippen molar-refractivity contribution < 1.29 is 23.2 Å². The molecule has 0 fully saturated rings.